The van der Waals surface area contributed by atoms with Gasteiger partial charge in [0.1, 0.15) is 0 Å². The van der Waals surface area contributed by atoms with Gasteiger partial charge in [-0.15, -0.1) is 6.42 Å². The highest BCUT2D eigenvalue weighted by molar-refractivity contribution is 4.98. The number of nitrogens with one attached hydrogen (secondary N) is 1. The van der Waals surface area contributed by atoms with Gasteiger partial charge in [0.15, 0.2) is 0 Å². The quantitative estimate of drug-likeness (QED) is 0.582. The molecule has 0 aromatic rings. The maximum absolute atomic E-state index is 5.31. The molecule has 1 unspecified atom stereocenters. The molecule has 0 saturated heterocycles. The molecule has 64 valence electrons. The summed E-state index contributed by atoms with van der Waals surface area (Å²) in [4.78, 5) is 2.14. The van der Waals surface area contributed by atoms with Gasteiger partial charge in [-0.1, -0.05) is 12.8 Å². The molecule has 0 bridgehead atoms. The smallest absolute Gasteiger partial charge is 0.0699 e. The van der Waals surface area contributed by atoms with Crippen LogP contribution in [0.3, 0.4) is 0 Å². The average Bonchev–Trinajstić information content (AvgIpc) is 1.97. The van der Waals surface area contributed by atoms with Gasteiger partial charge in [-0.3, -0.25) is 0 Å². The standard InChI is InChI=1S/C9H18N2/c1-5-9(10-6-2)7-8-11(3)4/h1,9-10H,6-8H2,2-4H3. The third-order valence-corrected chi connectivity index (χ3v) is 1.52. The minimum atomic E-state index is 0.238. The van der Waals surface area contributed by atoms with Crippen LogP contribution in [0.2, 0.25) is 0 Å². The molecule has 0 aliphatic heterocycles. The van der Waals surface area contributed by atoms with E-state index in [0.29, 0.717) is 0 Å². The monoisotopic (exact) mass is 154 g/mol. The van der Waals surface area contributed by atoms with Crippen molar-refractivity contribution in [3.05, 3.63) is 0 Å². The van der Waals surface area contributed by atoms with Crippen LogP contribution < -0.4 is 5.32 Å². The lowest BCUT2D eigenvalue weighted by molar-refractivity contribution is 0.381. The number of nitrogens with zero attached hydrogens (tertiary/aromatic N) is 1. The van der Waals surface area contributed by atoms with Crippen LogP contribution in [-0.4, -0.2) is 38.1 Å². The van der Waals surface area contributed by atoms with Crippen molar-refractivity contribution in [2.75, 3.05) is 27.2 Å². The Morgan fingerprint density at radius 3 is 2.55 bits per heavy atom. The molecule has 0 aromatic heterocycles. The van der Waals surface area contributed by atoms with E-state index in [1.54, 1.807) is 0 Å². The van der Waals surface area contributed by atoms with Gasteiger partial charge in [-0.25, -0.2) is 0 Å². The number of hydrogen-bond acceptors (Lipinski definition) is 2. The Hall–Kier alpha value is -0.520. The van der Waals surface area contributed by atoms with E-state index >= 15 is 0 Å². The minimum absolute atomic E-state index is 0.238. The van der Waals surface area contributed by atoms with Gasteiger partial charge >= 0.3 is 0 Å². The van der Waals surface area contributed by atoms with E-state index < -0.39 is 0 Å². The zero-order chi connectivity index (χ0) is 8.69. The molecule has 2 nitrogen and oxygen atoms in total. The molecular formula is C9H18N2. The van der Waals surface area contributed by atoms with E-state index in [4.69, 9.17) is 6.42 Å². The molecule has 0 radical (unpaired) electrons. The van der Waals surface area contributed by atoms with Gasteiger partial charge in [-0.2, -0.15) is 0 Å². The van der Waals surface area contributed by atoms with Crippen LogP contribution in [0.15, 0.2) is 0 Å². The molecule has 2 heteroatoms. The van der Waals surface area contributed by atoms with Crippen molar-refractivity contribution in [2.24, 2.45) is 0 Å². The lowest BCUT2D eigenvalue weighted by atomic mass is 10.2. The molecule has 11 heavy (non-hydrogen) atoms. The van der Waals surface area contributed by atoms with Gasteiger partial charge in [0.2, 0.25) is 0 Å². The van der Waals surface area contributed by atoms with Crippen molar-refractivity contribution in [3.8, 4) is 12.3 Å². The summed E-state index contributed by atoms with van der Waals surface area (Å²) in [5, 5.41) is 3.22. The second kappa shape index (κ2) is 6.21. The fourth-order valence-corrected chi connectivity index (χ4v) is 0.878. The summed E-state index contributed by atoms with van der Waals surface area (Å²) in [7, 11) is 4.11. The highest BCUT2D eigenvalue weighted by Gasteiger charge is 2.01. The van der Waals surface area contributed by atoms with Crippen LogP contribution >= 0.6 is 0 Å². The lowest BCUT2D eigenvalue weighted by Crippen LogP contribution is -2.30. The topological polar surface area (TPSA) is 15.3 Å². The molecule has 0 spiro atoms. The first-order valence-corrected chi connectivity index (χ1v) is 4.05. The first-order valence-electron chi connectivity index (χ1n) is 4.05. The molecule has 0 saturated carbocycles. The van der Waals surface area contributed by atoms with E-state index in [-0.39, 0.29) is 6.04 Å². The fraction of sp³-hybridized carbons (Fsp3) is 0.778. The van der Waals surface area contributed by atoms with Crippen LogP contribution in [0.1, 0.15) is 13.3 Å². The third-order valence-electron chi connectivity index (χ3n) is 1.52. The lowest BCUT2D eigenvalue weighted by Gasteiger charge is -2.14. The van der Waals surface area contributed by atoms with Crippen molar-refractivity contribution < 1.29 is 0 Å². The van der Waals surface area contributed by atoms with Crippen LogP contribution in [0.25, 0.3) is 0 Å². The molecule has 0 aliphatic rings. The summed E-state index contributed by atoms with van der Waals surface area (Å²) >= 11 is 0. The van der Waals surface area contributed by atoms with E-state index in [0.717, 1.165) is 19.5 Å². The van der Waals surface area contributed by atoms with E-state index in [1.165, 1.54) is 0 Å². The Bertz CT molecular complexity index is 124. The Kier molecular flexibility index (Phi) is 5.91. The van der Waals surface area contributed by atoms with Gasteiger partial charge in [0, 0.05) is 0 Å². The van der Waals surface area contributed by atoms with Crippen molar-refractivity contribution >= 4 is 0 Å². The van der Waals surface area contributed by atoms with Crippen LogP contribution in [0.4, 0.5) is 0 Å². The fourth-order valence-electron chi connectivity index (χ4n) is 0.878. The number of rotatable bonds is 5. The molecule has 0 heterocycles. The van der Waals surface area contributed by atoms with Crippen LogP contribution in [0.5, 0.6) is 0 Å². The summed E-state index contributed by atoms with van der Waals surface area (Å²) in [5.74, 6) is 2.72. The molecule has 0 fully saturated rings. The summed E-state index contributed by atoms with van der Waals surface area (Å²) in [6, 6.07) is 0.238. The van der Waals surface area contributed by atoms with Crippen LogP contribution in [0, 0.1) is 12.3 Å². The molecule has 0 rings (SSSR count). The second-order valence-electron chi connectivity index (χ2n) is 2.87. The SMILES string of the molecule is C#CC(CCN(C)C)NCC. The summed E-state index contributed by atoms with van der Waals surface area (Å²) in [5.41, 5.74) is 0. The predicted octanol–water partition coefficient (Wildman–Crippen LogP) is 0.549. The zero-order valence-electron chi connectivity index (χ0n) is 7.72. The number of hydrogen-bond donors (Lipinski definition) is 1. The highest BCUT2D eigenvalue weighted by Crippen LogP contribution is 1.90. The first-order chi connectivity index (χ1) is 5.20. The van der Waals surface area contributed by atoms with E-state index in [1.807, 2.05) is 0 Å². The first kappa shape index (κ1) is 10.5. The van der Waals surface area contributed by atoms with E-state index in [2.05, 4.69) is 37.2 Å². The maximum Gasteiger partial charge on any atom is 0.0699 e. The van der Waals surface area contributed by atoms with Gasteiger partial charge in [0.25, 0.3) is 0 Å². The Morgan fingerprint density at radius 1 is 1.55 bits per heavy atom. The van der Waals surface area contributed by atoms with Crippen LogP contribution in [-0.2, 0) is 0 Å². The largest absolute Gasteiger partial charge is 0.309 e. The van der Waals surface area contributed by atoms with Crippen molar-refractivity contribution in [3.63, 3.8) is 0 Å². The highest BCUT2D eigenvalue weighted by atomic mass is 15.1. The average molecular weight is 154 g/mol. The second-order valence-corrected chi connectivity index (χ2v) is 2.87. The predicted molar refractivity (Wildman–Crippen MR) is 49.5 cm³/mol. The molecule has 0 aliphatic carbocycles. The Morgan fingerprint density at radius 2 is 2.18 bits per heavy atom. The summed E-state index contributed by atoms with van der Waals surface area (Å²) < 4.78 is 0. The molecular weight excluding hydrogens is 136 g/mol. The van der Waals surface area contributed by atoms with E-state index in [9.17, 15) is 0 Å². The van der Waals surface area contributed by atoms with Gasteiger partial charge in [-0.05, 0) is 33.6 Å². The van der Waals surface area contributed by atoms with Crippen molar-refractivity contribution in [1.82, 2.24) is 10.2 Å². The minimum Gasteiger partial charge on any atom is -0.309 e. The van der Waals surface area contributed by atoms with Gasteiger partial charge < -0.3 is 10.2 Å². The number of terminal acetylenes is 1. The molecule has 0 aromatic carbocycles. The summed E-state index contributed by atoms with van der Waals surface area (Å²) in [6.07, 6.45) is 6.34. The van der Waals surface area contributed by atoms with Crippen molar-refractivity contribution in [1.29, 1.82) is 0 Å². The zero-order valence-corrected chi connectivity index (χ0v) is 7.72. The van der Waals surface area contributed by atoms with Gasteiger partial charge in [0.05, 0.1) is 6.04 Å². The molecule has 1 atom stereocenters. The van der Waals surface area contributed by atoms with Crippen molar-refractivity contribution in [2.45, 2.75) is 19.4 Å². The Labute approximate surface area is 70.0 Å². The maximum atomic E-state index is 5.31. The normalized spacial score (nSPS) is 13.0. The third kappa shape index (κ3) is 5.90. The Balaban J connectivity index is 3.46. The summed E-state index contributed by atoms with van der Waals surface area (Å²) in [6.45, 7) is 4.06. The molecule has 1 N–H and O–H groups in total. The molecule has 0 amide bonds.